The second-order valence-corrected chi connectivity index (χ2v) is 7.72. The third-order valence-corrected chi connectivity index (χ3v) is 5.95. The molecular weight excluding hydrogens is 358 g/mol. The summed E-state index contributed by atoms with van der Waals surface area (Å²) < 4.78 is 10.9. The van der Waals surface area contributed by atoms with E-state index in [1.807, 2.05) is 18.2 Å². The summed E-state index contributed by atoms with van der Waals surface area (Å²) in [6, 6.07) is 5.67. The lowest BCUT2D eigenvalue weighted by atomic mass is 9.90. The first-order valence-electron chi connectivity index (χ1n) is 10.2. The predicted octanol–water partition coefficient (Wildman–Crippen LogP) is 1.19. The Hall–Kier alpha value is -1.83. The molecule has 0 unspecified atom stereocenters. The largest absolute Gasteiger partial charge is 0.493 e. The molecule has 0 aromatic heterocycles. The van der Waals surface area contributed by atoms with Crippen LogP contribution < -0.4 is 9.47 Å². The summed E-state index contributed by atoms with van der Waals surface area (Å²) in [5, 5.41) is 11.2. The van der Waals surface area contributed by atoms with Gasteiger partial charge in [-0.25, -0.2) is 0 Å². The van der Waals surface area contributed by atoms with Gasteiger partial charge in [-0.05, 0) is 25.5 Å². The van der Waals surface area contributed by atoms with Crippen molar-refractivity contribution in [3.05, 3.63) is 23.8 Å². The quantitative estimate of drug-likeness (QED) is 0.753. The lowest BCUT2D eigenvalue weighted by Crippen LogP contribution is -2.60. The lowest BCUT2D eigenvalue weighted by Gasteiger charge is -2.43. The highest BCUT2D eigenvalue weighted by atomic mass is 16.5. The van der Waals surface area contributed by atoms with E-state index in [0.29, 0.717) is 37.6 Å². The molecule has 7 nitrogen and oxygen atoms in total. The number of nitrogens with zero attached hydrogens (tertiary/aromatic N) is 3. The minimum atomic E-state index is -1.31. The maximum Gasteiger partial charge on any atom is 0.256 e. The van der Waals surface area contributed by atoms with Crippen molar-refractivity contribution in [3.63, 3.8) is 0 Å². The van der Waals surface area contributed by atoms with Crippen molar-refractivity contribution in [2.24, 2.45) is 0 Å². The van der Waals surface area contributed by atoms with Crippen LogP contribution in [0.1, 0.15) is 25.3 Å². The van der Waals surface area contributed by atoms with Crippen LogP contribution in [0.2, 0.25) is 0 Å². The Bertz CT molecular complexity index is 676. The van der Waals surface area contributed by atoms with Gasteiger partial charge in [-0.15, -0.1) is 0 Å². The van der Waals surface area contributed by atoms with Crippen LogP contribution in [0.3, 0.4) is 0 Å². The molecule has 1 atom stereocenters. The van der Waals surface area contributed by atoms with Crippen molar-refractivity contribution in [3.8, 4) is 11.5 Å². The molecule has 3 rings (SSSR count). The van der Waals surface area contributed by atoms with E-state index in [9.17, 15) is 9.90 Å². The molecule has 0 radical (unpaired) electrons. The number of methoxy groups -OCH3 is 2. The highest BCUT2D eigenvalue weighted by Gasteiger charge is 2.43. The van der Waals surface area contributed by atoms with Crippen LogP contribution in [-0.2, 0) is 11.3 Å². The van der Waals surface area contributed by atoms with Gasteiger partial charge in [-0.1, -0.05) is 19.1 Å². The Balaban J connectivity index is 1.69. The first-order chi connectivity index (χ1) is 13.5. The van der Waals surface area contributed by atoms with Crippen molar-refractivity contribution in [1.82, 2.24) is 14.7 Å². The van der Waals surface area contributed by atoms with Gasteiger partial charge < -0.3 is 24.4 Å². The van der Waals surface area contributed by atoms with E-state index in [0.717, 1.165) is 44.7 Å². The monoisotopic (exact) mass is 391 g/mol. The van der Waals surface area contributed by atoms with Crippen molar-refractivity contribution in [2.45, 2.75) is 31.9 Å². The molecule has 1 amide bonds. The Morgan fingerprint density at radius 3 is 2.43 bits per heavy atom. The number of ether oxygens (including phenoxy) is 2. The van der Waals surface area contributed by atoms with Crippen LogP contribution in [0.15, 0.2) is 18.2 Å². The fourth-order valence-corrected chi connectivity index (χ4v) is 4.28. The molecule has 156 valence electrons. The molecule has 0 spiro atoms. The highest BCUT2D eigenvalue weighted by Crippen LogP contribution is 2.33. The number of para-hydroxylation sites is 1. The molecule has 0 aliphatic carbocycles. The van der Waals surface area contributed by atoms with Crippen molar-refractivity contribution in [1.29, 1.82) is 0 Å². The summed E-state index contributed by atoms with van der Waals surface area (Å²) in [6.45, 7) is 8.45. The van der Waals surface area contributed by atoms with Gasteiger partial charge in [0.05, 0.1) is 14.2 Å². The molecule has 2 fully saturated rings. The molecule has 0 saturated carbocycles. The minimum absolute atomic E-state index is 0.179. The second-order valence-electron chi connectivity index (χ2n) is 7.72. The van der Waals surface area contributed by atoms with Gasteiger partial charge >= 0.3 is 0 Å². The van der Waals surface area contributed by atoms with Crippen LogP contribution in [-0.4, -0.2) is 91.3 Å². The normalized spacial score (nSPS) is 24.4. The van der Waals surface area contributed by atoms with Crippen molar-refractivity contribution in [2.75, 3.05) is 60.0 Å². The smallest absolute Gasteiger partial charge is 0.256 e. The van der Waals surface area contributed by atoms with Crippen LogP contribution in [0.25, 0.3) is 0 Å². The SMILES string of the molecule is CCN1CCN(C[C@]2(O)CCCN(Cc3cccc(OC)c3OC)C2=O)CC1. The summed E-state index contributed by atoms with van der Waals surface area (Å²) in [7, 11) is 3.20. The fourth-order valence-electron chi connectivity index (χ4n) is 4.28. The average molecular weight is 392 g/mol. The van der Waals surface area contributed by atoms with Crippen LogP contribution in [0.4, 0.5) is 0 Å². The van der Waals surface area contributed by atoms with E-state index in [2.05, 4.69) is 16.7 Å². The third-order valence-electron chi connectivity index (χ3n) is 5.95. The summed E-state index contributed by atoms with van der Waals surface area (Å²) in [5.74, 6) is 1.11. The van der Waals surface area contributed by atoms with Gasteiger partial charge in [0, 0.05) is 51.4 Å². The van der Waals surface area contributed by atoms with Gasteiger partial charge in [-0.2, -0.15) is 0 Å². The average Bonchev–Trinajstić information content (AvgIpc) is 2.72. The number of rotatable bonds is 7. The molecule has 2 aliphatic heterocycles. The standard InChI is InChI=1S/C21H33N3O4/c1-4-22-11-13-23(14-12-22)16-21(26)9-6-10-24(20(21)25)15-17-7-5-8-18(27-2)19(17)28-3/h5,7-8,26H,4,6,9-16H2,1-3H3/t21-/m1/s1. The molecule has 28 heavy (non-hydrogen) atoms. The summed E-state index contributed by atoms with van der Waals surface area (Å²) in [6.07, 6.45) is 1.31. The zero-order valence-corrected chi connectivity index (χ0v) is 17.3. The predicted molar refractivity (Wildman–Crippen MR) is 108 cm³/mol. The number of likely N-dealkylation sites (tertiary alicyclic amines) is 1. The number of likely N-dealkylation sites (N-methyl/N-ethyl adjacent to an activating group) is 1. The van der Waals surface area contributed by atoms with E-state index < -0.39 is 5.60 Å². The van der Waals surface area contributed by atoms with E-state index >= 15 is 0 Å². The number of carbonyl (C=O) groups excluding carboxylic acids is 1. The zero-order chi connectivity index (χ0) is 20.1. The van der Waals surface area contributed by atoms with Gasteiger partial charge in [0.1, 0.15) is 0 Å². The number of amides is 1. The zero-order valence-electron chi connectivity index (χ0n) is 17.3. The molecule has 1 aromatic carbocycles. The van der Waals surface area contributed by atoms with E-state index in [-0.39, 0.29) is 5.91 Å². The Morgan fingerprint density at radius 2 is 1.79 bits per heavy atom. The molecule has 0 bridgehead atoms. The number of β-amino-alcohol motifs (C(OH)–C–C–N with tert-alkyl or cyclic N) is 1. The Morgan fingerprint density at radius 1 is 1.07 bits per heavy atom. The number of hydrogen-bond donors (Lipinski definition) is 1. The van der Waals surface area contributed by atoms with Gasteiger partial charge in [0.15, 0.2) is 17.1 Å². The molecule has 1 aromatic rings. The fraction of sp³-hybridized carbons (Fsp3) is 0.667. The number of piperidine rings is 1. The topological polar surface area (TPSA) is 65.5 Å². The lowest BCUT2D eigenvalue weighted by molar-refractivity contribution is -0.160. The summed E-state index contributed by atoms with van der Waals surface area (Å²) >= 11 is 0. The number of benzene rings is 1. The van der Waals surface area contributed by atoms with Crippen LogP contribution in [0, 0.1) is 0 Å². The first kappa shape index (κ1) is 20.9. The van der Waals surface area contributed by atoms with E-state index in [1.54, 1.807) is 19.1 Å². The highest BCUT2D eigenvalue weighted by molar-refractivity contribution is 5.86. The Labute approximate surface area is 167 Å². The number of carbonyl (C=O) groups is 1. The molecular formula is C21H33N3O4. The maximum atomic E-state index is 13.2. The minimum Gasteiger partial charge on any atom is -0.493 e. The van der Waals surface area contributed by atoms with E-state index in [4.69, 9.17) is 9.47 Å². The van der Waals surface area contributed by atoms with Gasteiger partial charge in [-0.3, -0.25) is 9.69 Å². The summed E-state index contributed by atoms with van der Waals surface area (Å²) in [4.78, 5) is 19.5. The van der Waals surface area contributed by atoms with E-state index in [1.165, 1.54) is 0 Å². The molecule has 7 heteroatoms. The van der Waals surface area contributed by atoms with Crippen LogP contribution in [0.5, 0.6) is 11.5 Å². The Kier molecular flexibility index (Phi) is 6.80. The molecule has 2 saturated heterocycles. The summed E-state index contributed by atoms with van der Waals surface area (Å²) in [5.41, 5.74) is -0.422. The molecule has 1 N–H and O–H groups in total. The maximum absolute atomic E-state index is 13.2. The van der Waals surface area contributed by atoms with Crippen LogP contribution >= 0.6 is 0 Å². The van der Waals surface area contributed by atoms with Gasteiger partial charge in [0.2, 0.25) is 0 Å². The number of piperazine rings is 1. The number of aliphatic hydroxyl groups is 1. The molecule has 2 aliphatic rings. The third kappa shape index (κ3) is 4.42. The second kappa shape index (κ2) is 9.11. The van der Waals surface area contributed by atoms with Gasteiger partial charge in [0.25, 0.3) is 5.91 Å². The first-order valence-corrected chi connectivity index (χ1v) is 10.2. The molecule has 2 heterocycles. The number of hydrogen-bond acceptors (Lipinski definition) is 6. The van der Waals surface area contributed by atoms with Crippen molar-refractivity contribution >= 4 is 5.91 Å². The van der Waals surface area contributed by atoms with Crippen molar-refractivity contribution < 1.29 is 19.4 Å².